The summed E-state index contributed by atoms with van der Waals surface area (Å²) in [5, 5.41) is 8.55. The lowest BCUT2D eigenvalue weighted by Crippen LogP contribution is -2.35. The van der Waals surface area contributed by atoms with E-state index in [4.69, 9.17) is 0 Å². The average molecular weight is 435 g/mol. The van der Waals surface area contributed by atoms with E-state index >= 15 is 0 Å². The summed E-state index contributed by atoms with van der Waals surface area (Å²) >= 11 is 0. The number of H-pyrrole nitrogens is 1. The quantitative estimate of drug-likeness (QED) is 0.584. The molecular formula is C23H25N5O4. The largest absolute Gasteiger partial charge is 0.325 e. The first-order chi connectivity index (χ1) is 15.5. The van der Waals surface area contributed by atoms with Crippen molar-refractivity contribution in [3.8, 4) is 0 Å². The molecule has 9 heteroatoms. The van der Waals surface area contributed by atoms with Crippen LogP contribution in [0.25, 0.3) is 10.8 Å². The average Bonchev–Trinajstić information content (AvgIpc) is 3.08. The highest BCUT2D eigenvalue weighted by atomic mass is 16.2. The molecule has 32 heavy (non-hydrogen) atoms. The maximum atomic E-state index is 12.5. The van der Waals surface area contributed by atoms with Crippen LogP contribution in [0.2, 0.25) is 0 Å². The monoisotopic (exact) mass is 435 g/mol. The highest BCUT2D eigenvalue weighted by Gasteiger charge is 2.15. The SMILES string of the molecule is O=C(Cn1[nH]c(=O)c2ccccc2c1=O)Nc1ccc(NC(=O)N2CCCCCC2)cc1. The molecule has 166 valence electrons. The summed E-state index contributed by atoms with van der Waals surface area (Å²) in [6.45, 7) is 1.19. The fourth-order valence-electron chi connectivity index (χ4n) is 3.82. The molecule has 4 rings (SSSR count). The van der Waals surface area contributed by atoms with Crippen LogP contribution in [0.5, 0.6) is 0 Å². The molecule has 0 saturated carbocycles. The Hall–Kier alpha value is -3.88. The van der Waals surface area contributed by atoms with Crippen LogP contribution in [-0.2, 0) is 11.3 Å². The van der Waals surface area contributed by atoms with Crippen molar-refractivity contribution in [2.45, 2.75) is 32.2 Å². The molecule has 0 aliphatic carbocycles. The van der Waals surface area contributed by atoms with E-state index in [1.807, 2.05) is 4.90 Å². The Morgan fingerprint density at radius 1 is 0.812 bits per heavy atom. The summed E-state index contributed by atoms with van der Waals surface area (Å²) in [6.07, 6.45) is 4.34. The van der Waals surface area contributed by atoms with Gasteiger partial charge in [-0.25, -0.2) is 9.48 Å². The Morgan fingerprint density at radius 3 is 2.06 bits per heavy atom. The number of likely N-dealkylation sites (tertiary alicyclic amines) is 1. The fraction of sp³-hybridized carbons (Fsp3) is 0.304. The van der Waals surface area contributed by atoms with Crippen molar-refractivity contribution in [3.05, 3.63) is 69.2 Å². The van der Waals surface area contributed by atoms with Gasteiger partial charge in [0, 0.05) is 24.5 Å². The Labute approximate surface area is 184 Å². The summed E-state index contributed by atoms with van der Waals surface area (Å²) in [4.78, 5) is 51.4. The lowest BCUT2D eigenvalue weighted by molar-refractivity contribution is -0.117. The Bertz CT molecular complexity index is 1240. The topological polar surface area (TPSA) is 116 Å². The summed E-state index contributed by atoms with van der Waals surface area (Å²) in [5.41, 5.74) is 0.269. The van der Waals surface area contributed by atoms with Gasteiger partial charge in [0.05, 0.1) is 10.8 Å². The number of anilines is 2. The zero-order valence-corrected chi connectivity index (χ0v) is 17.6. The van der Waals surface area contributed by atoms with Crippen LogP contribution in [0.4, 0.5) is 16.2 Å². The molecule has 0 unspecified atom stereocenters. The minimum atomic E-state index is -0.459. The second-order valence-corrected chi connectivity index (χ2v) is 7.83. The van der Waals surface area contributed by atoms with Crippen molar-refractivity contribution in [3.63, 3.8) is 0 Å². The first-order valence-electron chi connectivity index (χ1n) is 10.7. The number of amides is 3. The normalized spacial score (nSPS) is 14.1. The maximum Gasteiger partial charge on any atom is 0.321 e. The number of carbonyl (C=O) groups excluding carboxylic acids is 2. The number of hydrogen-bond donors (Lipinski definition) is 3. The van der Waals surface area contributed by atoms with Gasteiger partial charge in [0.1, 0.15) is 6.54 Å². The molecule has 1 aromatic heterocycles. The minimum Gasteiger partial charge on any atom is -0.325 e. The number of rotatable bonds is 4. The number of nitrogens with one attached hydrogen (secondary N) is 3. The van der Waals surface area contributed by atoms with E-state index in [2.05, 4.69) is 15.7 Å². The molecule has 0 radical (unpaired) electrons. The van der Waals surface area contributed by atoms with E-state index in [1.54, 1.807) is 48.5 Å². The van der Waals surface area contributed by atoms with Gasteiger partial charge in [-0.05, 0) is 49.2 Å². The van der Waals surface area contributed by atoms with E-state index in [0.717, 1.165) is 43.5 Å². The molecule has 1 aliphatic rings. The summed E-state index contributed by atoms with van der Waals surface area (Å²) < 4.78 is 0.996. The predicted molar refractivity (Wildman–Crippen MR) is 123 cm³/mol. The molecule has 3 aromatic rings. The van der Waals surface area contributed by atoms with Gasteiger partial charge in [0.15, 0.2) is 0 Å². The predicted octanol–water partition coefficient (Wildman–Crippen LogP) is 2.74. The smallest absolute Gasteiger partial charge is 0.321 e. The summed E-state index contributed by atoms with van der Waals surface area (Å²) in [6, 6.07) is 13.1. The molecule has 0 spiro atoms. The lowest BCUT2D eigenvalue weighted by Gasteiger charge is -2.20. The molecule has 9 nitrogen and oxygen atoms in total. The summed E-state index contributed by atoms with van der Waals surface area (Å²) in [7, 11) is 0. The number of carbonyl (C=O) groups is 2. The van der Waals surface area contributed by atoms with Gasteiger partial charge in [0.25, 0.3) is 11.1 Å². The number of hydrogen-bond acceptors (Lipinski definition) is 4. The van der Waals surface area contributed by atoms with Crippen molar-refractivity contribution in [2.24, 2.45) is 0 Å². The van der Waals surface area contributed by atoms with Gasteiger partial charge in [-0.3, -0.25) is 19.5 Å². The molecule has 1 aliphatic heterocycles. The van der Waals surface area contributed by atoms with Crippen LogP contribution >= 0.6 is 0 Å². The second-order valence-electron chi connectivity index (χ2n) is 7.83. The van der Waals surface area contributed by atoms with E-state index in [-0.39, 0.29) is 23.3 Å². The maximum absolute atomic E-state index is 12.5. The van der Waals surface area contributed by atoms with Gasteiger partial charge >= 0.3 is 6.03 Å². The second kappa shape index (κ2) is 9.51. The van der Waals surface area contributed by atoms with Crippen molar-refractivity contribution in [2.75, 3.05) is 23.7 Å². The molecule has 0 atom stereocenters. The van der Waals surface area contributed by atoms with Gasteiger partial charge in [-0.1, -0.05) is 25.0 Å². The summed E-state index contributed by atoms with van der Waals surface area (Å²) in [5.74, 6) is -0.459. The van der Waals surface area contributed by atoms with E-state index in [1.165, 1.54) is 0 Å². The number of urea groups is 1. The third-order valence-corrected chi connectivity index (χ3v) is 5.50. The van der Waals surface area contributed by atoms with Crippen LogP contribution in [0, 0.1) is 0 Å². The third-order valence-electron chi connectivity index (χ3n) is 5.50. The molecule has 1 fully saturated rings. The molecule has 2 heterocycles. The standard InChI is InChI=1S/C23H25N5O4/c29-20(15-28-22(31)19-8-4-3-7-18(19)21(30)26-28)24-16-9-11-17(12-10-16)25-23(32)27-13-5-1-2-6-14-27/h3-4,7-12H,1-2,5-6,13-15H2,(H,24,29)(H,25,32)(H,26,30). The van der Waals surface area contributed by atoms with Gasteiger partial charge in [-0.2, -0.15) is 0 Å². The molecule has 3 N–H and O–H groups in total. The number of nitrogens with zero attached hydrogens (tertiary/aromatic N) is 2. The minimum absolute atomic E-state index is 0.122. The van der Waals surface area contributed by atoms with Crippen LogP contribution in [-0.4, -0.2) is 39.7 Å². The van der Waals surface area contributed by atoms with Crippen LogP contribution in [0.3, 0.4) is 0 Å². The Kier molecular flexibility index (Phi) is 6.34. The van der Waals surface area contributed by atoms with Gasteiger partial charge in [0.2, 0.25) is 5.91 Å². The van der Waals surface area contributed by atoms with Crippen molar-refractivity contribution >= 4 is 34.1 Å². The Balaban J connectivity index is 1.38. The van der Waals surface area contributed by atoms with E-state index in [9.17, 15) is 19.2 Å². The molecule has 0 bridgehead atoms. The van der Waals surface area contributed by atoms with Crippen LogP contribution in [0.1, 0.15) is 25.7 Å². The third kappa shape index (κ3) is 4.88. The van der Waals surface area contributed by atoms with E-state index in [0.29, 0.717) is 11.4 Å². The Morgan fingerprint density at radius 2 is 1.41 bits per heavy atom. The molecule has 1 saturated heterocycles. The van der Waals surface area contributed by atoms with Crippen molar-refractivity contribution in [1.82, 2.24) is 14.7 Å². The van der Waals surface area contributed by atoms with Crippen LogP contribution < -0.4 is 21.8 Å². The van der Waals surface area contributed by atoms with Gasteiger partial charge in [-0.15, -0.1) is 0 Å². The zero-order valence-electron chi connectivity index (χ0n) is 17.6. The lowest BCUT2D eigenvalue weighted by atomic mass is 10.2. The molecule has 2 aromatic carbocycles. The number of benzene rings is 2. The molecule has 3 amide bonds. The first-order valence-corrected chi connectivity index (χ1v) is 10.7. The van der Waals surface area contributed by atoms with Crippen molar-refractivity contribution < 1.29 is 9.59 Å². The van der Waals surface area contributed by atoms with Crippen molar-refractivity contribution in [1.29, 1.82) is 0 Å². The molecular weight excluding hydrogens is 410 g/mol. The number of fused-ring (bicyclic) bond motifs is 1. The highest BCUT2D eigenvalue weighted by molar-refractivity contribution is 5.92. The van der Waals surface area contributed by atoms with Gasteiger partial charge < -0.3 is 15.5 Å². The zero-order chi connectivity index (χ0) is 22.5. The van der Waals surface area contributed by atoms with E-state index < -0.39 is 17.0 Å². The first kappa shape index (κ1) is 21.4. The fourth-order valence-corrected chi connectivity index (χ4v) is 3.82. The number of aromatic nitrogens is 2. The van der Waals surface area contributed by atoms with Crippen LogP contribution in [0.15, 0.2) is 58.1 Å². The number of aromatic amines is 1. The highest BCUT2D eigenvalue weighted by Crippen LogP contribution is 2.16.